The highest BCUT2D eigenvalue weighted by atomic mass is 32.2. The van der Waals surface area contributed by atoms with Crippen molar-refractivity contribution in [3.63, 3.8) is 0 Å². The topological polar surface area (TPSA) is 110 Å². The molecule has 24 heavy (non-hydrogen) atoms. The summed E-state index contributed by atoms with van der Waals surface area (Å²) in [6.45, 7) is 6.03. The van der Waals surface area contributed by atoms with Crippen LogP contribution in [0.5, 0.6) is 0 Å². The molecule has 0 saturated heterocycles. The van der Waals surface area contributed by atoms with Gasteiger partial charge in [0, 0.05) is 26.3 Å². The van der Waals surface area contributed by atoms with E-state index in [0.717, 1.165) is 16.3 Å². The molecule has 0 aliphatic rings. The van der Waals surface area contributed by atoms with Gasteiger partial charge in [-0.15, -0.1) is 0 Å². The van der Waals surface area contributed by atoms with E-state index in [1.54, 1.807) is 0 Å². The molecule has 2 aromatic rings. The zero-order chi connectivity index (χ0) is 18.2. The van der Waals surface area contributed by atoms with Gasteiger partial charge in [-0.1, -0.05) is 32.5 Å². The predicted molar refractivity (Wildman–Crippen MR) is 88.9 cm³/mol. The van der Waals surface area contributed by atoms with Gasteiger partial charge in [0.1, 0.15) is 16.2 Å². The van der Waals surface area contributed by atoms with E-state index in [9.17, 15) is 19.5 Å². The molecule has 0 aromatic carbocycles. The molecule has 0 unspecified atom stereocenters. The fourth-order valence-electron chi connectivity index (χ4n) is 2.26. The van der Waals surface area contributed by atoms with E-state index in [-0.39, 0.29) is 27.2 Å². The lowest BCUT2D eigenvalue weighted by Crippen LogP contribution is -2.38. The third-order valence-corrected chi connectivity index (χ3v) is 4.28. The lowest BCUT2D eigenvalue weighted by atomic mass is 9.92. The summed E-state index contributed by atoms with van der Waals surface area (Å²) in [6.07, 6.45) is 0.519. The number of carboxylic acids is 1. The molecule has 130 valence electrons. The zero-order valence-electron chi connectivity index (χ0n) is 14.2. The third kappa shape index (κ3) is 3.66. The number of carbonyl (C=O) groups is 1. The van der Waals surface area contributed by atoms with Gasteiger partial charge < -0.3 is 9.90 Å². The van der Waals surface area contributed by atoms with E-state index in [0.29, 0.717) is 12.2 Å². The number of fused-ring (bicyclic) bond motifs is 1. The van der Waals surface area contributed by atoms with Crippen LogP contribution in [0.4, 0.5) is 0 Å². The number of thioether (sulfide) groups is 1. The average Bonchev–Trinajstić information content (AvgIpc) is 2.46. The molecule has 0 saturated carbocycles. The van der Waals surface area contributed by atoms with Crippen molar-refractivity contribution in [2.75, 3.05) is 5.75 Å². The molecule has 2 aromatic heterocycles. The molecule has 0 atom stereocenters. The maximum atomic E-state index is 12.5. The molecule has 0 N–H and O–H groups in total. The van der Waals surface area contributed by atoms with Crippen molar-refractivity contribution in [3.05, 3.63) is 26.7 Å². The van der Waals surface area contributed by atoms with E-state index in [1.807, 2.05) is 20.8 Å². The van der Waals surface area contributed by atoms with Crippen LogP contribution in [0.1, 0.15) is 26.6 Å². The summed E-state index contributed by atoms with van der Waals surface area (Å²) in [5, 5.41) is 11.2. The average molecular weight is 351 g/mol. The van der Waals surface area contributed by atoms with Crippen molar-refractivity contribution in [3.8, 4) is 0 Å². The number of hydrogen-bond acceptors (Lipinski definition) is 7. The number of aromatic nitrogens is 4. The SMILES string of the molecule is Cn1c(=O)c2c(SCC(=O)[O-])nc(CC(C)(C)C)nc2n(C)c1=O. The van der Waals surface area contributed by atoms with E-state index >= 15 is 0 Å². The van der Waals surface area contributed by atoms with E-state index in [4.69, 9.17) is 0 Å². The number of aliphatic carboxylic acids is 1. The van der Waals surface area contributed by atoms with Gasteiger partial charge in [0.25, 0.3) is 5.56 Å². The van der Waals surface area contributed by atoms with Gasteiger partial charge in [0.15, 0.2) is 5.65 Å². The Kier molecular flexibility index (Phi) is 4.84. The Morgan fingerprint density at radius 2 is 1.79 bits per heavy atom. The molecule has 0 aliphatic carbocycles. The van der Waals surface area contributed by atoms with Gasteiger partial charge in [-0.05, 0) is 5.41 Å². The summed E-state index contributed by atoms with van der Waals surface area (Å²) in [4.78, 5) is 44.1. The number of carbonyl (C=O) groups excluding carboxylic acids is 1. The standard InChI is InChI=1S/C15H20N4O4S/c1-15(2,3)6-8-16-11-10(12(17-8)24-7-9(20)21)13(22)19(5)14(23)18(11)4/h6-7H2,1-5H3,(H,20,21)/p-1. The minimum Gasteiger partial charge on any atom is -0.549 e. The van der Waals surface area contributed by atoms with Crippen LogP contribution in [0, 0.1) is 5.41 Å². The largest absolute Gasteiger partial charge is 0.549 e. The summed E-state index contributed by atoms with van der Waals surface area (Å²) < 4.78 is 2.23. The maximum Gasteiger partial charge on any atom is 0.332 e. The molecule has 2 rings (SSSR count). The highest BCUT2D eigenvalue weighted by Crippen LogP contribution is 2.25. The normalized spacial score (nSPS) is 11.9. The lowest BCUT2D eigenvalue weighted by Gasteiger charge is -2.18. The van der Waals surface area contributed by atoms with Crippen molar-refractivity contribution < 1.29 is 9.90 Å². The number of nitrogens with zero attached hydrogens (tertiary/aromatic N) is 4. The summed E-state index contributed by atoms with van der Waals surface area (Å²) in [7, 11) is 2.88. The smallest absolute Gasteiger partial charge is 0.332 e. The molecular formula is C15H19N4O4S-. The van der Waals surface area contributed by atoms with Gasteiger partial charge in [-0.3, -0.25) is 13.9 Å². The quantitative estimate of drug-likeness (QED) is 0.537. The second kappa shape index (κ2) is 6.39. The Bertz CT molecular complexity index is 924. The first-order valence-corrected chi connectivity index (χ1v) is 8.29. The minimum absolute atomic E-state index is 0.109. The van der Waals surface area contributed by atoms with E-state index in [1.165, 1.54) is 18.7 Å². The Labute approximate surface area is 142 Å². The second-order valence-corrected chi connectivity index (χ2v) is 7.71. The van der Waals surface area contributed by atoms with Crippen LogP contribution in [-0.4, -0.2) is 30.8 Å². The van der Waals surface area contributed by atoms with E-state index < -0.39 is 17.2 Å². The second-order valence-electron chi connectivity index (χ2n) is 6.75. The van der Waals surface area contributed by atoms with Gasteiger partial charge in [0.05, 0.1) is 5.97 Å². The number of carboxylic acid groups (broad SMARTS) is 1. The highest BCUT2D eigenvalue weighted by molar-refractivity contribution is 8.00. The van der Waals surface area contributed by atoms with Gasteiger partial charge in [-0.2, -0.15) is 0 Å². The van der Waals surface area contributed by atoms with Gasteiger partial charge in [-0.25, -0.2) is 14.8 Å². The van der Waals surface area contributed by atoms with Gasteiger partial charge in [0.2, 0.25) is 0 Å². The first-order chi connectivity index (χ1) is 11.0. The van der Waals surface area contributed by atoms with Crippen molar-refractivity contribution in [2.45, 2.75) is 32.2 Å². The summed E-state index contributed by atoms with van der Waals surface area (Å²) >= 11 is 0.894. The molecule has 0 fully saturated rings. The zero-order valence-corrected chi connectivity index (χ0v) is 15.1. The summed E-state index contributed by atoms with van der Waals surface area (Å²) in [6, 6.07) is 0. The van der Waals surface area contributed by atoms with Crippen LogP contribution in [0.2, 0.25) is 0 Å². The van der Waals surface area contributed by atoms with Crippen LogP contribution in [-0.2, 0) is 25.3 Å². The Hall–Kier alpha value is -2.16. The number of aryl methyl sites for hydroxylation is 1. The summed E-state index contributed by atoms with van der Waals surface area (Å²) in [5.41, 5.74) is -0.944. The lowest BCUT2D eigenvalue weighted by molar-refractivity contribution is -0.301. The molecule has 0 radical (unpaired) electrons. The van der Waals surface area contributed by atoms with Crippen LogP contribution in [0.3, 0.4) is 0 Å². The molecule has 0 spiro atoms. The van der Waals surface area contributed by atoms with Crippen molar-refractivity contribution in [2.24, 2.45) is 19.5 Å². The van der Waals surface area contributed by atoms with Crippen molar-refractivity contribution in [1.29, 1.82) is 0 Å². The van der Waals surface area contributed by atoms with Crippen molar-refractivity contribution >= 4 is 28.8 Å². The van der Waals surface area contributed by atoms with Crippen LogP contribution >= 0.6 is 11.8 Å². The van der Waals surface area contributed by atoms with Crippen molar-refractivity contribution in [1.82, 2.24) is 19.1 Å². The molecule has 8 nitrogen and oxygen atoms in total. The first-order valence-electron chi connectivity index (χ1n) is 7.30. The maximum absolute atomic E-state index is 12.5. The number of rotatable bonds is 4. The first kappa shape index (κ1) is 18.2. The fraction of sp³-hybridized carbons (Fsp3) is 0.533. The molecule has 0 amide bonds. The molecular weight excluding hydrogens is 332 g/mol. The van der Waals surface area contributed by atoms with E-state index in [2.05, 4.69) is 9.97 Å². The monoisotopic (exact) mass is 351 g/mol. The third-order valence-electron chi connectivity index (χ3n) is 3.33. The molecule has 0 aliphatic heterocycles. The minimum atomic E-state index is -1.26. The Morgan fingerprint density at radius 3 is 2.33 bits per heavy atom. The van der Waals surface area contributed by atoms with Crippen LogP contribution in [0.25, 0.3) is 11.0 Å². The van der Waals surface area contributed by atoms with Crippen LogP contribution in [0.15, 0.2) is 14.6 Å². The fourth-order valence-corrected chi connectivity index (χ4v) is 3.00. The summed E-state index contributed by atoms with van der Waals surface area (Å²) in [5.74, 6) is -1.14. The molecule has 2 heterocycles. The predicted octanol–water partition coefficient (Wildman–Crippen LogP) is -0.542. The molecule has 9 heteroatoms. The highest BCUT2D eigenvalue weighted by Gasteiger charge is 2.20. The molecule has 0 bridgehead atoms. The number of hydrogen-bond donors (Lipinski definition) is 0. The van der Waals surface area contributed by atoms with Gasteiger partial charge >= 0.3 is 5.69 Å². The Morgan fingerprint density at radius 1 is 1.17 bits per heavy atom. The Balaban J connectivity index is 2.80. The van der Waals surface area contributed by atoms with Crippen LogP contribution < -0.4 is 16.4 Å².